The van der Waals surface area contributed by atoms with E-state index in [1.807, 2.05) is 27.2 Å². The van der Waals surface area contributed by atoms with Crippen LogP contribution in [0.5, 0.6) is 0 Å². The minimum absolute atomic E-state index is 0.00171. The first-order valence-electron chi connectivity index (χ1n) is 28.5. The Hall–Kier alpha value is -1.54. The first-order chi connectivity index (χ1) is 32.5. The van der Waals surface area contributed by atoms with Crippen LogP contribution < -0.4 is 10.2 Å². The fourth-order valence-electron chi connectivity index (χ4n) is 8.28. The van der Waals surface area contributed by atoms with E-state index in [0.717, 1.165) is 51.4 Å². The third kappa shape index (κ3) is 52.1. The van der Waals surface area contributed by atoms with E-state index in [2.05, 4.69) is 55.6 Å². The second-order valence-corrected chi connectivity index (χ2v) is 22.1. The van der Waals surface area contributed by atoms with Crippen molar-refractivity contribution in [2.45, 2.75) is 276 Å². The lowest BCUT2D eigenvalue weighted by molar-refractivity contribution is -0.870. The summed E-state index contributed by atoms with van der Waals surface area (Å²) in [6.07, 6.45) is 64.6. The molecule has 394 valence electrons. The predicted molar refractivity (Wildman–Crippen MR) is 288 cm³/mol. The summed E-state index contributed by atoms with van der Waals surface area (Å²) < 4.78 is 23.3. The first kappa shape index (κ1) is 65.5. The largest absolute Gasteiger partial charge is 0.756 e. The number of unbranched alkanes of at least 4 members (excludes halogenated alkanes) is 33. The zero-order valence-corrected chi connectivity index (χ0v) is 45.7. The molecule has 2 N–H and O–H groups in total. The number of phosphoric acid groups is 1. The molecule has 3 unspecified atom stereocenters. The SMILES string of the molecule is CCCCCCC/C=C\C/C=C\C/C=C\CCCCCCCCCCCCCCC(=O)NC(COP(=O)([O-])OCC[N+](C)(C)C)C(O)/C=C/CCCCCCCCCCCCCCCCCC. The monoisotopic (exact) mass is 963 g/mol. The smallest absolute Gasteiger partial charge is 0.268 e. The maximum atomic E-state index is 13.0. The highest BCUT2D eigenvalue weighted by molar-refractivity contribution is 7.45. The number of nitrogens with one attached hydrogen (secondary N) is 1. The zero-order valence-electron chi connectivity index (χ0n) is 44.9. The second-order valence-electron chi connectivity index (χ2n) is 20.6. The third-order valence-corrected chi connectivity index (χ3v) is 13.7. The van der Waals surface area contributed by atoms with Crippen LogP contribution >= 0.6 is 7.82 Å². The molecule has 0 spiro atoms. The van der Waals surface area contributed by atoms with Crippen molar-refractivity contribution < 1.29 is 32.9 Å². The highest BCUT2D eigenvalue weighted by atomic mass is 31.2. The van der Waals surface area contributed by atoms with Crippen LogP contribution in [0.2, 0.25) is 0 Å². The molecule has 3 atom stereocenters. The van der Waals surface area contributed by atoms with Crippen molar-refractivity contribution in [3.8, 4) is 0 Å². The molecule has 67 heavy (non-hydrogen) atoms. The molecule has 0 saturated heterocycles. The van der Waals surface area contributed by atoms with E-state index >= 15 is 0 Å². The molecule has 0 aliphatic carbocycles. The fraction of sp³-hybridized carbons (Fsp3) is 0.845. The molecule has 8 nitrogen and oxygen atoms in total. The summed E-state index contributed by atoms with van der Waals surface area (Å²) in [6, 6.07) is -0.888. The molecule has 0 heterocycles. The summed E-state index contributed by atoms with van der Waals surface area (Å²) >= 11 is 0. The van der Waals surface area contributed by atoms with Gasteiger partial charge in [-0.2, -0.15) is 0 Å². The second kappa shape index (κ2) is 49.4. The lowest BCUT2D eigenvalue weighted by Crippen LogP contribution is -2.45. The normalized spacial score (nSPS) is 14.3. The van der Waals surface area contributed by atoms with Crippen LogP contribution in [0.4, 0.5) is 0 Å². The van der Waals surface area contributed by atoms with Gasteiger partial charge in [-0.25, -0.2) is 0 Å². The topological polar surface area (TPSA) is 108 Å². The average Bonchev–Trinajstić information content (AvgIpc) is 3.29. The average molecular weight is 964 g/mol. The molecule has 0 aromatic heterocycles. The standard InChI is InChI=1S/C58H111N2O6P/c1-6-8-10-12-14-16-18-20-22-24-26-27-28-29-30-31-32-33-34-36-38-40-42-44-46-48-50-52-58(62)59-56(55-66-67(63,64)65-54-53-60(3,4)5)57(61)51-49-47-45-43-41-39-37-35-25-23-21-19-17-15-13-11-9-7-2/h18,20,24,26,28-29,49,51,56-57,61H,6-17,19,21-23,25,27,30-48,50,52-55H2,1-5H3,(H-,59,62,63,64)/b20-18-,26-24-,29-28-,51-49+. The van der Waals surface area contributed by atoms with Crippen molar-refractivity contribution >= 4 is 13.7 Å². The van der Waals surface area contributed by atoms with E-state index in [4.69, 9.17) is 9.05 Å². The highest BCUT2D eigenvalue weighted by Crippen LogP contribution is 2.38. The highest BCUT2D eigenvalue weighted by Gasteiger charge is 2.23. The molecule has 0 saturated carbocycles. The van der Waals surface area contributed by atoms with Crippen LogP contribution in [0.25, 0.3) is 0 Å². The molecule has 0 aromatic rings. The number of hydrogen-bond acceptors (Lipinski definition) is 6. The Morgan fingerprint density at radius 3 is 1.25 bits per heavy atom. The number of likely N-dealkylation sites (N-methyl/N-ethyl adjacent to an activating group) is 1. The van der Waals surface area contributed by atoms with Crippen molar-refractivity contribution in [2.75, 3.05) is 40.9 Å². The van der Waals surface area contributed by atoms with Gasteiger partial charge < -0.3 is 28.8 Å². The number of quaternary nitrogens is 1. The maximum Gasteiger partial charge on any atom is 0.268 e. The molecular formula is C58H111N2O6P. The number of carbonyl (C=O) groups excluding carboxylic acids is 1. The Labute approximate surface area is 416 Å². The quantitative estimate of drug-likeness (QED) is 0.0272. The molecule has 0 radical (unpaired) electrons. The lowest BCUT2D eigenvalue weighted by atomic mass is 10.0. The Morgan fingerprint density at radius 1 is 0.522 bits per heavy atom. The lowest BCUT2D eigenvalue weighted by Gasteiger charge is -2.29. The summed E-state index contributed by atoms with van der Waals surface area (Å²) in [5.74, 6) is -0.198. The number of allylic oxidation sites excluding steroid dienone is 7. The van der Waals surface area contributed by atoms with E-state index in [1.165, 1.54) is 193 Å². The summed E-state index contributed by atoms with van der Waals surface area (Å²) in [6.45, 7) is 4.66. The minimum Gasteiger partial charge on any atom is -0.756 e. The number of aliphatic hydroxyl groups is 1. The van der Waals surface area contributed by atoms with Crippen molar-refractivity contribution in [2.24, 2.45) is 0 Å². The number of carbonyl (C=O) groups is 1. The van der Waals surface area contributed by atoms with E-state index in [-0.39, 0.29) is 19.1 Å². The molecule has 1 amide bonds. The molecule has 0 fully saturated rings. The summed E-state index contributed by atoms with van der Waals surface area (Å²) in [5, 5.41) is 13.9. The Kier molecular flexibility index (Phi) is 48.3. The van der Waals surface area contributed by atoms with Gasteiger partial charge in [-0.3, -0.25) is 9.36 Å². The number of hydrogen-bond donors (Lipinski definition) is 2. The van der Waals surface area contributed by atoms with Crippen molar-refractivity contribution in [1.82, 2.24) is 5.32 Å². The van der Waals surface area contributed by atoms with Crippen molar-refractivity contribution in [3.63, 3.8) is 0 Å². The van der Waals surface area contributed by atoms with Gasteiger partial charge >= 0.3 is 0 Å². The number of aliphatic hydroxyl groups excluding tert-OH is 1. The number of phosphoric ester groups is 1. The number of rotatable bonds is 52. The van der Waals surface area contributed by atoms with Crippen LogP contribution in [0.15, 0.2) is 48.6 Å². The van der Waals surface area contributed by atoms with Gasteiger partial charge in [-0.1, -0.05) is 249 Å². The molecule has 0 aliphatic rings. The molecule has 0 bridgehead atoms. The van der Waals surface area contributed by atoms with Crippen molar-refractivity contribution in [1.29, 1.82) is 0 Å². The van der Waals surface area contributed by atoms with E-state index in [9.17, 15) is 19.4 Å². The summed E-state index contributed by atoms with van der Waals surface area (Å²) in [7, 11) is 1.26. The van der Waals surface area contributed by atoms with Gasteiger partial charge in [0.05, 0.1) is 39.9 Å². The Bertz CT molecular complexity index is 1230. The Balaban J connectivity index is 4.20. The molecule has 0 aliphatic heterocycles. The molecular weight excluding hydrogens is 852 g/mol. The molecule has 9 heteroatoms. The third-order valence-electron chi connectivity index (χ3n) is 12.8. The maximum absolute atomic E-state index is 13.0. The van der Waals surface area contributed by atoms with Gasteiger partial charge in [0.15, 0.2) is 0 Å². The minimum atomic E-state index is -4.60. The van der Waals surface area contributed by atoms with Crippen LogP contribution in [-0.4, -0.2) is 68.5 Å². The van der Waals surface area contributed by atoms with Gasteiger partial charge in [0.25, 0.3) is 7.82 Å². The van der Waals surface area contributed by atoms with Gasteiger partial charge in [0.2, 0.25) is 5.91 Å². The summed E-state index contributed by atoms with van der Waals surface area (Å²) in [4.78, 5) is 25.5. The fourth-order valence-corrected chi connectivity index (χ4v) is 9.00. The number of nitrogens with zero attached hydrogens (tertiary/aromatic N) is 1. The van der Waals surface area contributed by atoms with Crippen molar-refractivity contribution in [3.05, 3.63) is 48.6 Å². The predicted octanol–water partition coefficient (Wildman–Crippen LogP) is 16.5. The van der Waals surface area contributed by atoms with E-state index in [1.54, 1.807) is 6.08 Å². The molecule has 0 aromatic carbocycles. The van der Waals surface area contributed by atoms with E-state index in [0.29, 0.717) is 17.4 Å². The van der Waals surface area contributed by atoms with Gasteiger partial charge in [-0.15, -0.1) is 0 Å². The van der Waals surface area contributed by atoms with Crippen LogP contribution in [-0.2, 0) is 18.4 Å². The van der Waals surface area contributed by atoms with Crippen LogP contribution in [0.1, 0.15) is 264 Å². The van der Waals surface area contributed by atoms with Crippen LogP contribution in [0, 0.1) is 0 Å². The van der Waals surface area contributed by atoms with E-state index < -0.39 is 20.0 Å². The summed E-state index contributed by atoms with van der Waals surface area (Å²) in [5.41, 5.74) is 0. The zero-order chi connectivity index (χ0) is 49.2. The molecule has 0 rings (SSSR count). The Morgan fingerprint density at radius 2 is 0.866 bits per heavy atom. The van der Waals surface area contributed by atoms with Gasteiger partial charge in [0, 0.05) is 6.42 Å². The van der Waals surface area contributed by atoms with Gasteiger partial charge in [-0.05, 0) is 57.8 Å². The van der Waals surface area contributed by atoms with Crippen LogP contribution in [0.3, 0.4) is 0 Å². The van der Waals surface area contributed by atoms with Gasteiger partial charge in [0.1, 0.15) is 13.2 Å². The first-order valence-corrected chi connectivity index (χ1v) is 30.0. The number of amides is 1.